The number of nitrogens with zero attached hydrogens (tertiary/aromatic N) is 2. The number of hydrogen-bond acceptors (Lipinski definition) is 7. The van der Waals surface area contributed by atoms with Crippen molar-refractivity contribution in [1.29, 1.82) is 0 Å². The molecule has 8 heteroatoms. The first-order chi connectivity index (χ1) is 18.6. The van der Waals surface area contributed by atoms with Gasteiger partial charge in [0.05, 0.1) is 30.8 Å². The zero-order chi connectivity index (χ0) is 27.8. The maximum atomic E-state index is 13.4. The molecule has 3 aliphatic rings. The summed E-state index contributed by atoms with van der Waals surface area (Å²) in [5.41, 5.74) is 5.60. The van der Waals surface area contributed by atoms with Crippen molar-refractivity contribution < 1.29 is 19.1 Å². The number of ether oxygens (including phenoxy) is 2. The second-order valence-corrected chi connectivity index (χ2v) is 12.9. The number of hydrogen-bond donors (Lipinski definition) is 2. The Morgan fingerprint density at radius 2 is 1.97 bits per heavy atom. The molecule has 39 heavy (non-hydrogen) atoms. The third kappa shape index (κ3) is 6.55. The van der Waals surface area contributed by atoms with Crippen LogP contribution < -0.4 is 20.3 Å². The first kappa shape index (κ1) is 27.8. The quantitative estimate of drug-likeness (QED) is 0.524. The van der Waals surface area contributed by atoms with E-state index in [1.807, 2.05) is 52.0 Å². The molecule has 2 saturated carbocycles. The Labute approximate surface area is 232 Å². The predicted molar refractivity (Wildman–Crippen MR) is 151 cm³/mol. The van der Waals surface area contributed by atoms with E-state index in [2.05, 4.69) is 17.4 Å². The highest BCUT2D eigenvalue weighted by molar-refractivity contribution is 5.82. The van der Waals surface area contributed by atoms with Crippen molar-refractivity contribution in [3.05, 3.63) is 36.5 Å². The monoisotopic (exact) mass is 536 g/mol. The first-order valence-electron chi connectivity index (χ1n) is 14.4. The van der Waals surface area contributed by atoms with Crippen LogP contribution in [0.4, 0.5) is 0 Å². The Balaban J connectivity index is 1.47. The molecule has 2 aliphatic carbocycles. The molecule has 5 atom stereocenters. The van der Waals surface area contributed by atoms with Crippen molar-refractivity contribution in [3.63, 3.8) is 0 Å². The summed E-state index contributed by atoms with van der Waals surface area (Å²) in [6.07, 6.45) is 9.49. The third-order valence-corrected chi connectivity index (χ3v) is 8.82. The highest BCUT2D eigenvalue weighted by atomic mass is 16.7. The van der Waals surface area contributed by atoms with E-state index in [0.29, 0.717) is 23.8 Å². The summed E-state index contributed by atoms with van der Waals surface area (Å²) in [6.45, 7) is 12.5. The Morgan fingerprint density at radius 3 is 2.67 bits per heavy atom. The Morgan fingerprint density at radius 1 is 1.18 bits per heavy atom. The minimum atomic E-state index is -0.493. The van der Waals surface area contributed by atoms with Gasteiger partial charge in [-0.2, -0.15) is 5.48 Å². The Hall–Kier alpha value is -2.71. The van der Waals surface area contributed by atoms with Gasteiger partial charge in [-0.3, -0.25) is 9.63 Å². The van der Waals surface area contributed by atoms with Crippen LogP contribution in [0.2, 0.25) is 0 Å². The van der Waals surface area contributed by atoms with Crippen LogP contribution in [0.1, 0.15) is 71.9 Å². The summed E-state index contributed by atoms with van der Waals surface area (Å²) in [6, 6.07) is 5.26. The molecule has 0 radical (unpaired) electrons. The highest BCUT2D eigenvalue weighted by Gasteiger charge is 2.46. The molecule has 1 aliphatic heterocycles. The lowest BCUT2D eigenvalue weighted by Gasteiger charge is -2.31. The standard InChI is InChI=1S/C31H44N4O4/c1-7-19(2)26-18-32-28(36)27(30(3,4)5)35-39-25-16-20(25)10-12-31(14-15-31)13-11-23-29(38-26)34-24-17-21(37-6)8-9-22(24)33-23/h7-9,17,19-20,25-27,35H,1,10-16,18H2,2-6H3,(H,32,36)/t19-,20+,25+,26-,27+/m0/s1. The van der Waals surface area contributed by atoms with Crippen LogP contribution in [0.15, 0.2) is 30.9 Å². The van der Waals surface area contributed by atoms with Gasteiger partial charge in [0.1, 0.15) is 23.6 Å². The fourth-order valence-corrected chi connectivity index (χ4v) is 5.50. The number of hydroxylamine groups is 1. The zero-order valence-corrected chi connectivity index (χ0v) is 24.1. The van der Waals surface area contributed by atoms with Gasteiger partial charge in [0.15, 0.2) is 0 Å². The van der Waals surface area contributed by atoms with E-state index < -0.39 is 6.04 Å². The average molecular weight is 537 g/mol. The SMILES string of the molecule is C=C[C@H](C)[C@@H]1CNC(=O)[C@H](C(C)(C)C)NO[C@@H]2C[C@H]2CCC2(CCc3nc4ccc(OC)cc4nc3O1)CC2. The number of rotatable bonds is 3. The minimum absolute atomic E-state index is 0.0256. The van der Waals surface area contributed by atoms with Gasteiger partial charge in [0, 0.05) is 12.0 Å². The lowest BCUT2D eigenvalue weighted by molar-refractivity contribution is -0.133. The van der Waals surface area contributed by atoms with Crippen molar-refractivity contribution in [1.82, 2.24) is 20.8 Å². The third-order valence-electron chi connectivity index (χ3n) is 8.82. The van der Waals surface area contributed by atoms with E-state index >= 15 is 0 Å². The molecule has 0 unspecified atom stereocenters. The Bertz CT molecular complexity index is 1210. The normalized spacial score (nSPS) is 28.3. The largest absolute Gasteiger partial charge is 0.497 e. The van der Waals surface area contributed by atoms with Crippen molar-refractivity contribution in [2.24, 2.45) is 22.7 Å². The van der Waals surface area contributed by atoms with E-state index in [0.717, 1.165) is 48.2 Å². The maximum Gasteiger partial charge on any atom is 0.240 e. The number of aromatic nitrogens is 2. The molecule has 1 aromatic heterocycles. The number of nitrogens with one attached hydrogen (secondary N) is 2. The van der Waals surface area contributed by atoms with Gasteiger partial charge >= 0.3 is 0 Å². The summed E-state index contributed by atoms with van der Waals surface area (Å²) in [7, 11) is 1.64. The maximum absolute atomic E-state index is 13.4. The van der Waals surface area contributed by atoms with E-state index in [4.69, 9.17) is 24.3 Å². The van der Waals surface area contributed by atoms with Gasteiger partial charge in [0.2, 0.25) is 11.8 Å². The van der Waals surface area contributed by atoms with Crippen LogP contribution in [-0.2, 0) is 16.1 Å². The topological polar surface area (TPSA) is 94.6 Å². The van der Waals surface area contributed by atoms with Gasteiger partial charge < -0.3 is 14.8 Å². The van der Waals surface area contributed by atoms with E-state index in [9.17, 15) is 4.79 Å². The van der Waals surface area contributed by atoms with Gasteiger partial charge in [-0.05, 0) is 73.8 Å². The molecular weight excluding hydrogens is 492 g/mol. The summed E-state index contributed by atoms with van der Waals surface area (Å²) >= 11 is 0. The summed E-state index contributed by atoms with van der Waals surface area (Å²) < 4.78 is 12.0. The van der Waals surface area contributed by atoms with E-state index in [1.165, 1.54) is 19.3 Å². The van der Waals surface area contributed by atoms with Crippen LogP contribution >= 0.6 is 0 Å². The average Bonchev–Trinajstić information content (AvgIpc) is 3.83. The second-order valence-electron chi connectivity index (χ2n) is 12.9. The lowest BCUT2D eigenvalue weighted by Crippen LogP contribution is -2.53. The smallest absolute Gasteiger partial charge is 0.240 e. The zero-order valence-electron chi connectivity index (χ0n) is 24.1. The van der Waals surface area contributed by atoms with Crippen LogP contribution in [0.3, 0.4) is 0 Å². The molecule has 0 bridgehead atoms. The highest BCUT2D eigenvalue weighted by Crippen LogP contribution is 2.55. The van der Waals surface area contributed by atoms with E-state index in [1.54, 1.807) is 7.11 Å². The molecule has 1 spiro atoms. The number of methoxy groups -OCH3 is 1. The summed E-state index contributed by atoms with van der Waals surface area (Å²) in [4.78, 5) is 29.4. The van der Waals surface area contributed by atoms with Crippen LogP contribution in [0, 0.1) is 22.7 Å². The van der Waals surface area contributed by atoms with Gasteiger partial charge in [-0.25, -0.2) is 9.97 Å². The van der Waals surface area contributed by atoms with Gasteiger partial charge in [0.25, 0.3) is 0 Å². The number of amides is 1. The fraction of sp³-hybridized carbons (Fsp3) is 0.645. The number of carbonyl (C=O) groups is 1. The molecule has 2 N–H and O–H groups in total. The number of fused-ring (bicyclic) bond motifs is 3. The van der Waals surface area contributed by atoms with Gasteiger partial charge in [-0.1, -0.05) is 33.8 Å². The summed E-state index contributed by atoms with van der Waals surface area (Å²) in [5.74, 6) is 1.67. The minimum Gasteiger partial charge on any atom is -0.497 e. The van der Waals surface area contributed by atoms with Crippen LogP contribution in [0.5, 0.6) is 11.6 Å². The molecule has 2 aromatic rings. The molecule has 5 rings (SSSR count). The Kier molecular flexibility index (Phi) is 7.89. The van der Waals surface area contributed by atoms with Crippen molar-refractivity contribution >= 4 is 16.9 Å². The number of benzene rings is 1. The van der Waals surface area contributed by atoms with Crippen molar-refractivity contribution in [3.8, 4) is 11.6 Å². The number of aryl methyl sites for hydroxylation is 1. The van der Waals surface area contributed by atoms with Gasteiger partial charge in [-0.15, -0.1) is 6.58 Å². The molecule has 0 saturated heterocycles. The molecule has 2 fully saturated rings. The molecule has 212 valence electrons. The van der Waals surface area contributed by atoms with Crippen LogP contribution in [0.25, 0.3) is 11.0 Å². The number of carbonyl (C=O) groups excluding carboxylic acids is 1. The fourth-order valence-electron chi connectivity index (χ4n) is 5.50. The first-order valence-corrected chi connectivity index (χ1v) is 14.4. The predicted octanol–water partition coefficient (Wildman–Crippen LogP) is 5.16. The summed E-state index contributed by atoms with van der Waals surface area (Å²) in [5, 5.41) is 3.11. The molecular formula is C31H44N4O4. The molecule has 1 amide bonds. The molecule has 1 aromatic carbocycles. The van der Waals surface area contributed by atoms with Crippen molar-refractivity contribution in [2.45, 2.75) is 90.9 Å². The second kappa shape index (κ2) is 11.0. The van der Waals surface area contributed by atoms with E-state index in [-0.39, 0.29) is 29.4 Å². The van der Waals surface area contributed by atoms with Crippen molar-refractivity contribution in [2.75, 3.05) is 13.7 Å². The molecule has 8 nitrogen and oxygen atoms in total. The lowest BCUT2D eigenvalue weighted by atomic mass is 9.86. The molecule has 2 heterocycles. The van der Waals surface area contributed by atoms with Crippen LogP contribution in [-0.4, -0.2) is 47.8 Å².